The molecular formula is C15H20BrN3O2. The SMILES string of the molecule is Cc1ccc(Br)c(-c2nc(C(C)(N)COC(C)C)no2)c1. The van der Waals surface area contributed by atoms with Gasteiger partial charge in [-0.2, -0.15) is 4.98 Å². The Morgan fingerprint density at radius 3 is 2.81 bits per heavy atom. The highest BCUT2D eigenvalue weighted by atomic mass is 79.9. The minimum absolute atomic E-state index is 0.102. The van der Waals surface area contributed by atoms with Crippen molar-refractivity contribution >= 4 is 15.9 Å². The van der Waals surface area contributed by atoms with E-state index in [1.54, 1.807) is 0 Å². The third-order valence-corrected chi connectivity index (χ3v) is 3.70. The van der Waals surface area contributed by atoms with E-state index in [-0.39, 0.29) is 6.10 Å². The van der Waals surface area contributed by atoms with Crippen LogP contribution in [0.25, 0.3) is 11.5 Å². The molecule has 21 heavy (non-hydrogen) atoms. The molecule has 114 valence electrons. The molecule has 2 rings (SSSR count). The highest BCUT2D eigenvalue weighted by Crippen LogP contribution is 2.29. The molecule has 6 heteroatoms. The lowest BCUT2D eigenvalue weighted by Crippen LogP contribution is -2.40. The highest BCUT2D eigenvalue weighted by molar-refractivity contribution is 9.10. The van der Waals surface area contributed by atoms with Crippen LogP contribution in [-0.2, 0) is 10.3 Å². The van der Waals surface area contributed by atoms with Crippen molar-refractivity contribution in [1.29, 1.82) is 0 Å². The first-order valence-electron chi connectivity index (χ1n) is 6.81. The molecule has 1 aromatic carbocycles. The maximum Gasteiger partial charge on any atom is 0.259 e. The minimum atomic E-state index is -0.789. The van der Waals surface area contributed by atoms with Crippen LogP contribution >= 0.6 is 15.9 Å². The van der Waals surface area contributed by atoms with Gasteiger partial charge in [-0.05, 0) is 55.8 Å². The number of nitrogens with zero attached hydrogens (tertiary/aromatic N) is 2. The average Bonchev–Trinajstić information content (AvgIpc) is 2.90. The highest BCUT2D eigenvalue weighted by Gasteiger charge is 2.29. The first-order valence-corrected chi connectivity index (χ1v) is 7.60. The molecule has 0 aliphatic carbocycles. The van der Waals surface area contributed by atoms with Crippen LogP contribution in [0.5, 0.6) is 0 Å². The third kappa shape index (κ3) is 3.90. The second-order valence-corrected chi connectivity index (χ2v) is 6.54. The van der Waals surface area contributed by atoms with Gasteiger partial charge in [-0.1, -0.05) is 16.8 Å². The van der Waals surface area contributed by atoms with Gasteiger partial charge < -0.3 is 15.0 Å². The number of nitrogens with two attached hydrogens (primary N) is 1. The molecule has 0 bridgehead atoms. The average molecular weight is 354 g/mol. The summed E-state index contributed by atoms with van der Waals surface area (Å²) in [5, 5.41) is 4.00. The van der Waals surface area contributed by atoms with Gasteiger partial charge in [-0.3, -0.25) is 0 Å². The molecule has 0 amide bonds. The van der Waals surface area contributed by atoms with E-state index in [4.69, 9.17) is 15.0 Å². The summed E-state index contributed by atoms with van der Waals surface area (Å²) in [6.07, 6.45) is 0.102. The lowest BCUT2D eigenvalue weighted by molar-refractivity contribution is 0.0410. The van der Waals surface area contributed by atoms with Crippen molar-refractivity contribution in [2.45, 2.75) is 39.3 Å². The van der Waals surface area contributed by atoms with Gasteiger partial charge in [-0.15, -0.1) is 0 Å². The molecule has 0 aliphatic rings. The zero-order chi connectivity index (χ0) is 15.6. The maximum absolute atomic E-state index is 6.22. The summed E-state index contributed by atoms with van der Waals surface area (Å²) in [4.78, 5) is 4.42. The summed E-state index contributed by atoms with van der Waals surface area (Å²) in [5.74, 6) is 0.883. The van der Waals surface area contributed by atoms with Crippen LogP contribution in [0.1, 0.15) is 32.2 Å². The third-order valence-electron chi connectivity index (χ3n) is 3.01. The first kappa shape index (κ1) is 16.1. The van der Waals surface area contributed by atoms with Crippen molar-refractivity contribution in [3.8, 4) is 11.5 Å². The Morgan fingerprint density at radius 1 is 1.43 bits per heavy atom. The predicted octanol–water partition coefficient (Wildman–Crippen LogP) is 3.41. The van der Waals surface area contributed by atoms with E-state index in [9.17, 15) is 0 Å². The molecule has 1 heterocycles. The van der Waals surface area contributed by atoms with Crippen LogP contribution in [0.15, 0.2) is 27.2 Å². The molecule has 5 nitrogen and oxygen atoms in total. The lowest BCUT2D eigenvalue weighted by atomic mass is 10.1. The van der Waals surface area contributed by atoms with E-state index in [1.807, 2.05) is 45.9 Å². The second-order valence-electron chi connectivity index (χ2n) is 5.68. The fraction of sp³-hybridized carbons (Fsp3) is 0.467. The molecule has 1 unspecified atom stereocenters. The standard InChI is InChI=1S/C15H20BrN3O2/c1-9(2)20-8-15(4,17)14-18-13(21-19-14)11-7-10(3)5-6-12(11)16/h5-7,9H,8,17H2,1-4H3. The summed E-state index contributed by atoms with van der Waals surface area (Å²) in [6.45, 7) is 8.09. The molecule has 0 fully saturated rings. The van der Waals surface area contributed by atoms with Crippen molar-refractivity contribution in [2.75, 3.05) is 6.61 Å². The Morgan fingerprint density at radius 2 is 2.14 bits per heavy atom. The van der Waals surface area contributed by atoms with Crippen LogP contribution in [0, 0.1) is 6.92 Å². The number of hydrogen-bond donors (Lipinski definition) is 1. The van der Waals surface area contributed by atoms with Crippen LogP contribution < -0.4 is 5.73 Å². The van der Waals surface area contributed by atoms with Gasteiger partial charge in [0.1, 0.15) is 5.54 Å². The Kier molecular flexibility index (Phi) is 4.81. The van der Waals surface area contributed by atoms with E-state index in [0.29, 0.717) is 18.3 Å². The molecule has 2 aromatic rings. The number of ether oxygens (including phenoxy) is 1. The fourth-order valence-electron chi connectivity index (χ4n) is 1.77. The molecule has 0 aliphatic heterocycles. The normalized spacial score (nSPS) is 14.4. The van der Waals surface area contributed by atoms with Crippen LogP contribution in [0.2, 0.25) is 0 Å². The minimum Gasteiger partial charge on any atom is -0.376 e. The van der Waals surface area contributed by atoms with Gasteiger partial charge in [0, 0.05) is 4.47 Å². The van der Waals surface area contributed by atoms with Crippen LogP contribution in [-0.4, -0.2) is 22.9 Å². The topological polar surface area (TPSA) is 74.2 Å². The van der Waals surface area contributed by atoms with Crippen molar-refractivity contribution < 1.29 is 9.26 Å². The second kappa shape index (κ2) is 6.25. The number of aryl methyl sites for hydroxylation is 1. The predicted molar refractivity (Wildman–Crippen MR) is 84.8 cm³/mol. The lowest BCUT2D eigenvalue weighted by Gasteiger charge is -2.21. The summed E-state index contributed by atoms with van der Waals surface area (Å²) < 4.78 is 11.8. The number of benzene rings is 1. The van der Waals surface area contributed by atoms with E-state index in [1.165, 1.54) is 0 Å². The molecule has 2 N–H and O–H groups in total. The van der Waals surface area contributed by atoms with Crippen molar-refractivity contribution in [2.24, 2.45) is 5.73 Å². The molecule has 0 radical (unpaired) electrons. The molecule has 0 saturated carbocycles. The van der Waals surface area contributed by atoms with Crippen molar-refractivity contribution in [3.63, 3.8) is 0 Å². The Balaban J connectivity index is 2.27. The van der Waals surface area contributed by atoms with Gasteiger partial charge in [0.15, 0.2) is 5.82 Å². The quantitative estimate of drug-likeness (QED) is 0.891. The Labute approximate surface area is 133 Å². The molecule has 0 saturated heterocycles. The van der Waals surface area contributed by atoms with Crippen LogP contribution in [0.4, 0.5) is 0 Å². The number of hydrogen-bond acceptors (Lipinski definition) is 5. The van der Waals surface area contributed by atoms with Gasteiger partial charge in [0.25, 0.3) is 5.89 Å². The van der Waals surface area contributed by atoms with Gasteiger partial charge in [0.2, 0.25) is 0 Å². The monoisotopic (exact) mass is 353 g/mol. The first-order chi connectivity index (χ1) is 9.79. The summed E-state index contributed by atoms with van der Waals surface area (Å²) in [5.41, 5.74) is 7.41. The van der Waals surface area contributed by atoms with Gasteiger partial charge in [0.05, 0.1) is 18.3 Å². The molecule has 1 aromatic heterocycles. The molecular weight excluding hydrogens is 334 g/mol. The van der Waals surface area contributed by atoms with Crippen molar-refractivity contribution in [1.82, 2.24) is 10.1 Å². The summed E-state index contributed by atoms with van der Waals surface area (Å²) in [7, 11) is 0. The Hall–Kier alpha value is -1.24. The van der Waals surface area contributed by atoms with E-state index in [2.05, 4.69) is 26.1 Å². The Bertz CT molecular complexity index is 623. The van der Waals surface area contributed by atoms with E-state index < -0.39 is 5.54 Å². The van der Waals surface area contributed by atoms with Crippen LogP contribution in [0.3, 0.4) is 0 Å². The smallest absolute Gasteiger partial charge is 0.259 e. The van der Waals surface area contributed by atoms with E-state index in [0.717, 1.165) is 15.6 Å². The fourth-order valence-corrected chi connectivity index (χ4v) is 2.19. The number of halogens is 1. The maximum atomic E-state index is 6.22. The summed E-state index contributed by atoms with van der Waals surface area (Å²) >= 11 is 3.49. The zero-order valence-corrected chi connectivity index (χ0v) is 14.3. The number of rotatable bonds is 5. The van der Waals surface area contributed by atoms with Gasteiger partial charge in [-0.25, -0.2) is 0 Å². The molecule has 0 spiro atoms. The largest absolute Gasteiger partial charge is 0.376 e. The summed E-state index contributed by atoms with van der Waals surface area (Å²) in [6, 6.07) is 5.95. The molecule has 1 atom stereocenters. The number of aromatic nitrogens is 2. The zero-order valence-electron chi connectivity index (χ0n) is 12.7. The van der Waals surface area contributed by atoms with Gasteiger partial charge >= 0.3 is 0 Å². The van der Waals surface area contributed by atoms with E-state index >= 15 is 0 Å². The van der Waals surface area contributed by atoms with Crippen molar-refractivity contribution in [3.05, 3.63) is 34.1 Å².